The predicted molar refractivity (Wildman–Crippen MR) is 80.6 cm³/mol. The molecule has 1 nitrogen and oxygen atoms in total. The van der Waals surface area contributed by atoms with Gasteiger partial charge in [0.1, 0.15) is 5.82 Å². The molecule has 2 aromatic rings. The molecule has 0 atom stereocenters. The van der Waals surface area contributed by atoms with Crippen LogP contribution in [0.3, 0.4) is 0 Å². The molecule has 0 aliphatic rings. The molecule has 0 N–H and O–H groups in total. The van der Waals surface area contributed by atoms with Gasteiger partial charge in [0.05, 0.1) is 10.4 Å². The molecule has 0 spiro atoms. The molecular weight excluding hydrogens is 327 g/mol. The third-order valence-corrected chi connectivity index (χ3v) is 4.75. The number of hydrogen-bond acceptors (Lipinski definition) is 2. The third-order valence-electron chi connectivity index (χ3n) is 2.74. The van der Waals surface area contributed by atoms with Gasteiger partial charge >= 0.3 is 0 Å². The van der Waals surface area contributed by atoms with E-state index in [4.69, 9.17) is 0 Å². The van der Waals surface area contributed by atoms with Gasteiger partial charge in [0, 0.05) is 9.35 Å². The minimum absolute atomic E-state index is 0.000980. The van der Waals surface area contributed by atoms with Crippen LogP contribution in [0.5, 0.6) is 0 Å². The lowest BCUT2D eigenvalue weighted by molar-refractivity contribution is 0.103. The van der Waals surface area contributed by atoms with Gasteiger partial charge in [-0.15, -0.1) is 11.3 Å². The fraction of sp³-hybridized carbons (Fsp3) is 0.267. The van der Waals surface area contributed by atoms with Crippen molar-refractivity contribution in [1.29, 1.82) is 0 Å². The lowest BCUT2D eigenvalue weighted by Gasteiger charge is -2.15. The second kappa shape index (κ2) is 5.17. The van der Waals surface area contributed by atoms with Gasteiger partial charge in [0.15, 0.2) is 0 Å². The number of carbonyl (C=O) groups excluding carboxylic acids is 1. The smallest absolute Gasteiger partial charge is 0.205 e. The highest BCUT2D eigenvalue weighted by molar-refractivity contribution is 9.10. The number of rotatable bonds is 2. The first-order chi connectivity index (χ1) is 8.79. The lowest BCUT2D eigenvalue weighted by atomic mass is 9.95. The molecule has 1 aromatic carbocycles. The van der Waals surface area contributed by atoms with E-state index in [0.717, 1.165) is 4.88 Å². The number of thiophene rings is 1. The SMILES string of the molecule is CC(C)(C)c1ccc(C(=O)c2cc(Br)ccc2F)s1. The summed E-state index contributed by atoms with van der Waals surface area (Å²) in [5.74, 6) is -0.752. The van der Waals surface area contributed by atoms with Crippen LogP contribution in [0.15, 0.2) is 34.8 Å². The van der Waals surface area contributed by atoms with E-state index >= 15 is 0 Å². The van der Waals surface area contributed by atoms with Gasteiger partial charge in [-0.25, -0.2) is 4.39 Å². The zero-order valence-corrected chi connectivity index (χ0v) is 13.4. The molecule has 0 radical (unpaired) electrons. The maximum Gasteiger partial charge on any atom is 0.205 e. The Bertz CT molecular complexity index is 625. The number of hydrogen-bond donors (Lipinski definition) is 0. The van der Waals surface area contributed by atoms with Crippen LogP contribution in [0, 0.1) is 5.82 Å². The minimum atomic E-state index is -0.487. The van der Waals surface area contributed by atoms with Gasteiger partial charge in [-0.1, -0.05) is 36.7 Å². The lowest BCUT2D eigenvalue weighted by Crippen LogP contribution is -2.08. The van der Waals surface area contributed by atoms with E-state index < -0.39 is 5.82 Å². The Morgan fingerprint density at radius 3 is 2.47 bits per heavy atom. The number of ketones is 1. The summed E-state index contributed by atoms with van der Waals surface area (Å²) in [6.07, 6.45) is 0. The molecule has 1 aromatic heterocycles. The van der Waals surface area contributed by atoms with Gasteiger partial charge in [-0.05, 0) is 35.7 Å². The van der Waals surface area contributed by atoms with E-state index in [1.165, 1.54) is 23.5 Å². The molecule has 0 saturated carbocycles. The summed E-state index contributed by atoms with van der Waals surface area (Å²) in [4.78, 5) is 14.0. The minimum Gasteiger partial charge on any atom is -0.288 e. The van der Waals surface area contributed by atoms with Crippen molar-refractivity contribution in [3.05, 3.63) is 55.9 Å². The average Bonchev–Trinajstić information content (AvgIpc) is 2.80. The number of benzene rings is 1. The summed E-state index contributed by atoms with van der Waals surface area (Å²) in [6, 6.07) is 8.12. The normalized spacial score (nSPS) is 11.6. The molecule has 2 rings (SSSR count). The van der Waals surface area contributed by atoms with Crippen LogP contribution in [0.4, 0.5) is 4.39 Å². The monoisotopic (exact) mass is 340 g/mol. The zero-order chi connectivity index (χ0) is 14.2. The van der Waals surface area contributed by atoms with Crippen LogP contribution in [0.1, 0.15) is 40.9 Å². The zero-order valence-electron chi connectivity index (χ0n) is 11.0. The number of carbonyl (C=O) groups is 1. The van der Waals surface area contributed by atoms with Crippen LogP contribution in [0.25, 0.3) is 0 Å². The van der Waals surface area contributed by atoms with E-state index in [0.29, 0.717) is 9.35 Å². The molecule has 19 heavy (non-hydrogen) atoms. The van der Waals surface area contributed by atoms with E-state index in [2.05, 4.69) is 36.7 Å². The standard InChI is InChI=1S/C15H14BrFOS/c1-15(2,3)13-7-6-12(19-13)14(18)10-8-9(16)4-5-11(10)17/h4-8H,1-3H3. The second-order valence-corrected chi connectivity index (χ2v) is 7.37. The van der Waals surface area contributed by atoms with Gasteiger partial charge in [0.25, 0.3) is 0 Å². The maximum atomic E-state index is 13.7. The summed E-state index contributed by atoms with van der Waals surface area (Å²) in [5, 5.41) is 0. The van der Waals surface area contributed by atoms with Crippen LogP contribution in [-0.4, -0.2) is 5.78 Å². The first kappa shape index (κ1) is 14.4. The summed E-state index contributed by atoms with van der Waals surface area (Å²) in [5.41, 5.74) is 0.107. The molecule has 0 bridgehead atoms. The summed E-state index contributed by atoms with van der Waals surface area (Å²) < 4.78 is 14.4. The Morgan fingerprint density at radius 2 is 1.89 bits per heavy atom. The Labute approximate surface area is 124 Å². The highest BCUT2D eigenvalue weighted by Crippen LogP contribution is 2.31. The van der Waals surface area contributed by atoms with E-state index in [1.54, 1.807) is 12.1 Å². The fourth-order valence-electron chi connectivity index (χ4n) is 1.67. The van der Waals surface area contributed by atoms with Crippen molar-refractivity contribution in [2.24, 2.45) is 0 Å². The fourth-order valence-corrected chi connectivity index (χ4v) is 3.05. The topological polar surface area (TPSA) is 17.1 Å². The predicted octanol–water partition coefficient (Wildman–Crippen LogP) is 5.18. The summed E-state index contributed by atoms with van der Waals surface area (Å²) in [6.45, 7) is 6.27. The van der Waals surface area contributed by atoms with Crippen LogP contribution in [-0.2, 0) is 5.41 Å². The molecular formula is C15H14BrFOS. The Balaban J connectivity index is 2.39. The largest absolute Gasteiger partial charge is 0.288 e. The Morgan fingerprint density at radius 1 is 1.21 bits per heavy atom. The van der Waals surface area contributed by atoms with Crippen molar-refractivity contribution >= 4 is 33.0 Å². The van der Waals surface area contributed by atoms with Crippen LogP contribution < -0.4 is 0 Å². The molecule has 4 heteroatoms. The first-order valence-electron chi connectivity index (χ1n) is 5.89. The maximum absolute atomic E-state index is 13.7. The van der Waals surface area contributed by atoms with Gasteiger partial charge in [-0.2, -0.15) is 0 Å². The molecule has 0 aliphatic heterocycles. The molecule has 0 fully saturated rings. The quantitative estimate of drug-likeness (QED) is 0.688. The van der Waals surface area contributed by atoms with E-state index in [-0.39, 0.29) is 16.8 Å². The summed E-state index contributed by atoms with van der Waals surface area (Å²) >= 11 is 4.68. The highest BCUT2D eigenvalue weighted by atomic mass is 79.9. The van der Waals surface area contributed by atoms with Gasteiger partial charge in [0.2, 0.25) is 5.78 Å². The Kier molecular flexibility index (Phi) is 3.92. The Hall–Kier alpha value is -1.00. The van der Waals surface area contributed by atoms with Crippen LogP contribution >= 0.6 is 27.3 Å². The van der Waals surface area contributed by atoms with Gasteiger partial charge in [-0.3, -0.25) is 4.79 Å². The van der Waals surface area contributed by atoms with Crippen molar-refractivity contribution in [3.8, 4) is 0 Å². The van der Waals surface area contributed by atoms with Crippen molar-refractivity contribution in [2.75, 3.05) is 0 Å². The van der Waals surface area contributed by atoms with Crippen molar-refractivity contribution in [2.45, 2.75) is 26.2 Å². The van der Waals surface area contributed by atoms with E-state index in [1.807, 2.05) is 6.07 Å². The first-order valence-corrected chi connectivity index (χ1v) is 7.50. The summed E-state index contributed by atoms with van der Waals surface area (Å²) in [7, 11) is 0. The van der Waals surface area contributed by atoms with Crippen molar-refractivity contribution in [3.63, 3.8) is 0 Å². The molecule has 0 aliphatic carbocycles. The van der Waals surface area contributed by atoms with E-state index in [9.17, 15) is 9.18 Å². The highest BCUT2D eigenvalue weighted by Gasteiger charge is 2.21. The molecule has 100 valence electrons. The van der Waals surface area contributed by atoms with Crippen molar-refractivity contribution in [1.82, 2.24) is 0 Å². The number of halogens is 2. The molecule has 0 amide bonds. The van der Waals surface area contributed by atoms with Crippen LogP contribution in [0.2, 0.25) is 0 Å². The molecule has 1 heterocycles. The molecule has 0 saturated heterocycles. The molecule has 0 unspecified atom stereocenters. The second-order valence-electron chi connectivity index (χ2n) is 5.37. The van der Waals surface area contributed by atoms with Crippen molar-refractivity contribution < 1.29 is 9.18 Å². The average molecular weight is 341 g/mol. The van der Waals surface area contributed by atoms with Gasteiger partial charge < -0.3 is 0 Å². The third kappa shape index (κ3) is 3.12.